The van der Waals surface area contributed by atoms with Crippen LogP contribution in [0.5, 0.6) is 17.2 Å². The molecule has 6 heteroatoms. The first-order valence-electron chi connectivity index (χ1n) is 7.08. The number of carbonyl (C=O) groups is 1. The fraction of sp³-hybridized carbons (Fsp3) is 0.235. The van der Waals surface area contributed by atoms with E-state index in [1.165, 1.54) is 0 Å². The van der Waals surface area contributed by atoms with Gasteiger partial charge in [0.15, 0.2) is 11.5 Å². The highest BCUT2D eigenvalue weighted by Gasteiger charge is 2.15. The first-order chi connectivity index (χ1) is 11.2. The minimum absolute atomic E-state index is 0.200. The van der Waals surface area contributed by atoms with Crippen molar-refractivity contribution in [2.24, 2.45) is 0 Å². The Kier molecular flexibility index (Phi) is 4.34. The van der Waals surface area contributed by atoms with Crippen molar-refractivity contribution < 1.29 is 23.7 Å². The van der Waals surface area contributed by atoms with Gasteiger partial charge < -0.3 is 24.3 Å². The number of methoxy groups -OCH3 is 2. The zero-order valence-corrected chi connectivity index (χ0v) is 12.9. The molecule has 0 spiro atoms. The number of anilines is 1. The Bertz CT molecular complexity index is 729. The second-order valence-corrected chi connectivity index (χ2v) is 4.98. The van der Waals surface area contributed by atoms with Crippen molar-refractivity contribution in [1.82, 2.24) is 0 Å². The summed E-state index contributed by atoms with van der Waals surface area (Å²) in [4.78, 5) is 12.4. The summed E-state index contributed by atoms with van der Waals surface area (Å²) >= 11 is 0. The molecule has 2 aromatic carbocycles. The number of nitrogens with one attached hydrogen (secondary N) is 1. The number of hydrogen-bond donors (Lipinski definition) is 1. The highest BCUT2D eigenvalue weighted by Crippen LogP contribution is 2.34. The smallest absolute Gasteiger partial charge is 0.255 e. The molecule has 1 aliphatic heterocycles. The Morgan fingerprint density at radius 2 is 1.96 bits per heavy atom. The van der Waals surface area contributed by atoms with Crippen molar-refractivity contribution in [3.05, 3.63) is 47.5 Å². The average molecular weight is 315 g/mol. The lowest BCUT2D eigenvalue weighted by molar-refractivity contribution is 0.102. The molecule has 2 aromatic rings. The Morgan fingerprint density at radius 1 is 1.13 bits per heavy atom. The number of fused-ring (bicyclic) bond motifs is 1. The van der Waals surface area contributed by atoms with Crippen molar-refractivity contribution >= 4 is 11.6 Å². The number of benzene rings is 2. The normalized spacial score (nSPS) is 12.1. The van der Waals surface area contributed by atoms with Gasteiger partial charge in [0.05, 0.1) is 13.7 Å². The summed E-state index contributed by atoms with van der Waals surface area (Å²) in [6.45, 7) is 0.569. The van der Waals surface area contributed by atoms with Crippen molar-refractivity contribution in [2.75, 3.05) is 26.3 Å². The van der Waals surface area contributed by atoms with Gasteiger partial charge in [-0.05, 0) is 30.3 Å². The van der Waals surface area contributed by atoms with Gasteiger partial charge in [-0.1, -0.05) is 0 Å². The van der Waals surface area contributed by atoms with E-state index < -0.39 is 0 Å². The molecule has 0 aliphatic carbocycles. The van der Waals surface area contributed by atoms with Crippen LogP contribution in [0.4, 0.5) is 5.69 Å². The first-order valence-corrected chi connectivity index (χ1v) is 7.08. The summed E-state index contributed by atoms with van der Waals surface area (Å²) in [5.41, 5.74) is 1.98. The van der Waals surface area contributed by atoms with E-state index in [9.17, 15) is 4.79 Å². The Morgan fingerprint density at radius 3 is 2.74 bits per heavy atom. The number of hydrogen-bond acceptors (Lipinski definition) is 5. The van der Waals surface area contributed by atoms with Gasteiger partial charge in [-0.2, -0.15) is 0 Å². The van der Waals surface area contributed by atoms with E-state index in [-0.39, 0.29) is 12.7 Å². The van der Waals surface area contributed by atoms with Crippen molar-refractivity contribution in [1.29, 1.82) is 0 Å². The lowest BCUT2D eigenvalue weighted by atomic mass is 10.1. The minimum Gasteiger partial charge on any atom is -0.496 e. The molecule has 0 fully saturated rings. The summed E-state index contributed by atoms with van der Waals surface area (Å²) < 4.78 is 20.9. The monoisotopic (exact) mass is 315 g/mol. The average Bonchev–Trinajstić information content (AvgIpc) is 3.02. The molecule has 120 valence electrons. The van der Waals surface area contributed by atoms with E-state index >= 15 is 0 Å². The van der Waals surface area contributed by atoms with Gasteiger partial charge in [0, 0.05) is 30.0 Å². The van der Waals surface area contributed by atoms with Crippen LogP contribution in [0, 0.1) is 0 Å². The van der Waals surface area contributed by atoms with Crippen LogP contribution >= 0.6 is 0 Å². The molecule has 0 unspecified atom stereocenters. The van der Waals surface area contributed by atoms with Crippen molar-refractivity contribution in [3.8, 4) is 17.2 Å². The van der Waals surface area contributed by atoms with Gasteiger partial charge in [-0.25, -0.2) is 0 Å². The van der Waals surface area contributed by atoms with Gasteiger partial charge in [-0.15, -0.1) is 0 Å². The molecule has 1 aliphatic rings. The van der Waals surface area contributed by atoms with Gasteiger partial charge in [-0.3, -0.25) is 4.79 Å². The third-order valence-corrected chi connectivity index (χ3v) is 3.47. The standard InChI is InChI=1S/C17H17NO5/c1-20-9-12-7-11(3-5-14(12)21-2)17(19)18-13-4-6-15-16(8-13)23-10-22-15/h3-8H,9-10H2,1-2H3,(H,18,19). The lowest BCUT2D eigenvalue weighted by Crippen LogP contribution is -2.12. The van der Waals surface area contributed by atoms with E-state index in [4.69, 9.17) is 18.9 Å². The van der Waals surface area contributed by atoms with Crippen LogP contribution in [-0.2, 0) is 11.3 Å². The molecule has 1 amide bonds. The van der Waals surface area contributed by atoms with Gasteiger partial charge in [0.1, 0.15) is 5.75 Å². The molecule has 1 N–H and O–H groups in total. The van der Waals surface area contributed by atoms with E-state index in [0.717, 1.165) is 5.56 Å². The Balaban J connectivity index is 1.79. The molecule has 6 nitrogen and oxygen atoms in total. The SMILES string of the molecule is COCc1cc(C(=O)Nc2ccc3c(c2)OCO3)ccc1OC. The minimum atomic E-state index is -0.219. The number of amides is 1. The maximum absolute atomic E-state index is 12.4. The fourth-order valence-corrected chi connectivity index (χ4v) is 2.37. The lowest BCUT2D eigenvalue weighted by Gasteiger charge is -2.11. The molecule has 0 saturated carbocycles. The van der Waals surface area contributed by atoms with Gasteiger partial charge >= 0.3 is 0 Å². The van der Waals surface area contributed by atoms with Gasteiger partial charge in [0.25, 0.3) is 5.91 Å². The van der Waals surface area contributed by atoms with Crippen LogP contribution in [0.15, 0.2) is 36.4 Å². The van der Waals surface area contributed by atoms with Crippen molar-refractivity contribution in [3.63, 3.8) is 0 Å². The topological polar surface area (TPSA) is 66.0 Å². The van der Waals surface area contributed by atoms with Crippen LogP contribution in [0.1, 0.15) is 15.9 Å². The first kappa shape index (κ1) is 15.2. The molecule has 0 aromatic heterocycles. The number of rotatable bonds is 5. The summed E-state index contributed by atoms with van der Waals surface area (Å²) in [5.74, 6) is 1.77. The van der Waals surface area contributed by atoms with Crippen LogP contribution in [0.2, 0.25) is 0 Å². The third-order valence-electron chi connectivity index (χ3n) is 3.47. The molecule has 3 rings (SSSR count). The third kappa shape index (κ3) is 3.22. The van der Waals surface area contributed by atoms with E-state index in [1.807, 2.05) is 0 Å². The summed E-state index contributed by atoms with van der Waals surface area (Å²) in [6.07, 6.45) is 0. The summed E-state index contributed by atoms with van der Waals surface area (Å²) in [5, 5.41) is 2.84. The summed E-state index contributed by atoms with van der Waals surface area (Å²) in [7, 11) is 3.18. The van der Waals surface area contributed by atoms with Crippen LogP contribution in [0.25, 0.3) is 0 Å². The largest absolute Gasteiger partial charge is 0.496 e. The molecular formula is C17H17NO5. The number of carbonyl (C=O) groups excluding carboxylic acids is 1. The maximum atomic E-state index is 12.4. The van der Waals surface area contributed by atoms with Crippen LogP contribution in [0.3, 0.4) is 0 Å². The van der Waals surface area contributed by atoms with E-state index in [2.05, 4.69) is 5.32 Å². The molecule has 0 saturated heterocycles. The molecule has 0 bridgehead atoms. The highest BCUT2D eigenvalue weighted by atomic mass is 16.7. The second-order valence-electron chi connectivity index (χ2n) is 4.98. The predicted octanol–water partition coefficient (Wildman–Crippen LogP) is 2.82. The molecule has 23 heavy (non-hydrogen) atoms. The van der Waals surface area contributed by atoms with E-state index in [1.54, 1.807) is 50.6 Å². The second kappa shape index (κ2) is 6.58. The molecular weight excluding hydrogens is 298 g/mol. The quantitative estimate of drug-likeness (QED) is 0.919. The van der Waals surface area contributed by atoms with E-state index in [0.29, 0.717) is 35.1 Å². The zero-order valence-electron chi connectivity index (χ0n) is 12.9. The highest BCUT2D eigenvalue weighted by molar-refractivity contribution is 6.04. The Labute approximate surface area is 133 Å². The zero-order chi connectivity index (χ0) is 16.2. The number of ether oxygens (including phenoxy) is 4. The summed E-state index contributed by atoms with van der Waals surface area (Å²) in [6, 6.07) is 10.5. The van der Waals surface area contributed by atoms with Crippen LogP contribution < -0.4 is 19.5 Å². The maximum Gasteiger partial charge on any atom is 0.255 e. The molecule has 0 atom stereocenters. The molecule has 1 heterocycles. The Hall–Kier alpha value is -2.73. The van der Waals surface area contributed by atoms with Gasteiger partial charge in [0.2, 0.25) is 6.79 Å². The van der Waals surface area contributed by atoms with Crippen molar-refractivity contribution in [2.45, 2.75) is 6.61 Å². The predicted molar refractivity (Wildman–Crippen MR) is 84.2 cm³/mol. The fourth-order valence-electron chi connectivity index (χ4n) is 2.37. The van der Waals surface area contributed by atoms with Crippen LogP contribution in [-0.4, -0.2) is 26.9 Å². The molecule has 0 radical (unpaired) electrons.